The molecule has 2 fully saturated rings. The number of fused-ring (bicyclic) bond motifs is 5. The highest BCUT2D eigenvalue weighted by Crippen LogP contribution is 2.47. The molecule has 1 atom stereocenters. The van der Waals surface area contributed by atoms with E-state index < -0.39 is 5.97 Å². The zero-order valence-corrected chi connectivity index (χ0v) is 23.0. The molecule has 1 saturated heterocycles. The molecule has 1 aromatic heterocycles. The van der Waals surface area contributed by atoms with Crippen molar-refractivity contribution in [1.82, 2.24) is 9.47 Å². The lowest BCUT2D eigenvalue weighted by atomic mass is 9.81. The van der Waals surface area contributed by atoms with Gasteiger partial charge in [0, 0.05) is 48.3 Å². The third-order valence-electron chi connectivity index (χ3n) is 8.79. The summed E-state index contributed by atoms with van der Waals surface area (Å²) in [5.41, 5.74) is 6.19. The second kappa shape index (κ2) is 11.0. The van der Waals surface area contributed by atoms with Gasteiger partial charge in [-0.2, -0.15) is 0 Å². The Kier molecular flexibility index (Phi) is 7.71. The molecule has 7 heteroatoms. The normalized spacial score (nSPS) is 19.9. The summed E-state index contributed by atoms with van der Waals surface area (Å²) in [5.74, 6) is 0.342. The van der Waals surface area contributed by atoms with Crippen molar-refractivity contribution in [2.45, 2.75) is 64.3 Å². The Bertz CT molecular complexity index is 1340. The third kappa shape index (κ3) is 4.79. The standard InChI is InChI=1S/C31H37N3O3.ClH/c1-21-8-7-15-33(19-21)28(35)20-32-16-17-34-27-18-23(31(36)37)13-14-24(27)29(22-9-3-2-4-10-22)30(34)25-11-5-6-12-26(25)32;/h5-6,11-14,18,21-22H,2-4,7-10,15-17,19-20H2,1H3,(H,36,37);1H. The number of aromatic nitrogens is 1. The summed E-state index contributed by atoms with van der Waals surface area (Å²) < 4.78 is 2.35. The third-order valence-corrected chi connectivity index (χ3v) is 8.79. The number of carbonyl (C=O) groups excluding carboxylic acids is 1. The van der Waals surface area contributed by atoms with Crippen LogP contribution >= 0.6 is 12.4 Å². The van der Waals surface area contributed by atoms with Crippen LogP contribution in [0.15, 0.2) is 42.5 Å². The van der Waals surface area contributed by atoms with Crippen LogP contribution in [-0.2, 0) is 11.3 Å². The molecule has 202 valence electrons. The first-order chi connectivity index (χ1) is 18.0. The number of hydrogen-bond acceptors (Lipinski definition) is 3. The highest BCUT2D eigenvalue weighted by molar-refractivity contribution is 6.00. The van der Waals surface area contributed by atoms with Gasteiger partial charge in [0.05, 0.1) is 17.8 Å². The van der Waals surface area contributed by atoms with Gasteiger partial charge < -0.3 is 19.5 Å². The molecule has 6 rings (SSSR count). The lowest BCUT2D eigenvalue weighted by Crippen LogP contribution is -2.45. The molecular weight excluding hydrogens is 498 g/mol. The van der Waals surface area contributed by atoms with Crippen molar-refractivity contribution in [1.29, 1.82) is 0 Å². The molecule has 1 N–H and O–H groups in total. The van der Waals surface area contributed by atoms with Gasteiger partial charge in [0.1, 0.15) is 0 Å². The number of hydrogen-bond donors (Lipinski definition) is 1. The van der Waals surface area contributed by atoms with Gasteiger partial charge in [-0.15, -0.1) is 12.4 Å². The van der Waals surface area contributed by atoms with Gasteiger partial charge in [0.2, 0.25) is 5.91 Å². The summed E-state index contributed by atoms with van der Waals surface area (Å²) in [4.78, 5) is 29.6. The van der Waals surface area contributed by atoms with Gasteiger partial charge >= 0.3 is 5.97 Å². The highest BCUT2D eigenvalue weighted by Gasteiger charge is 2.32. The summed E-state index contributed by atoms with van der Waals surface area (Å²) in [6.07, 6.45) is 8.38. The number of nitrogens with zero attached hydrogens (tertiary/aromatic N) is 3. The van der Waals surface area contributed by atoms with E-state index in [1.165, 1.54) is 55.2 Å². The SMILES string of the molecule is CC1CCCN(C(=O)CN2CCn3c(c(C4CCCCC4)c4ccc(C(=O)O)cc43)-c3ccccc32)C1.Cl. The first kappa shape index (κ1) is 26.6. The van der Waals surface area contributed by atoms with Crippen molar-refractivity contribution >= 4 is 40.9 Å². The minimum absolute atomic E-state index is 0. The van der Waals surface area contributed by atoms with E-state index >= 15 is 0 Å². The largest absolute Gasteiger partial charge is 0.478 e. The van der Waals surface area contributed by atoms with Crippen molar-refractivity contribution in [3.05, 3.63) is 53.6 Å². The molecule has 1 amide bonds. The molecule has 2 aromatic carbocycles. The Morgan fingerprint density at radius 3 is 2.50 bits per heavy atom. The molecule has 1 saturated carbocycles. The van der Waals surface area contributed by atoms with E-state index in [1.807, 2.05) is 17.0 Å². The predicted octanol–water partition coefficient (Wildman–Crippen LogP) is 6.55. The molecule has 1 unspecified atom stereocenters. The number of para-hydroxylation sites is 1. The molecule has 38 heavy (non-hydrogen) atoms. The molecule has 0 spiro atoms. The fourth-order valence-electron chi connectivity index (χ4n) is 6.97. The van der Waals surface area contributed by atoms with E-state index in [4.69, 9.17) is 0 Å². The molecule has 0 radical (unpaired) electrons. The zero-order valence-electron chi connectivity index (χ0n) is 22.2. The number of likely N-dealkylation sites (tertiary alicyclic amines) is 1. The van der Waals surface area contributed by atoms with Crippen LogP contribution in [0, 0.1) is 5.92 Å². The molecule has 3 aromatic rings. The number of carbonyl (C=O) groups is 2. The van der Waals surface area contributed by atoms with Crippen LogP contribution in [0.25, 0.3) is 22.2 Å². The van der Waals surface area contributed by atoms with Crippen molar-refractivity contribution in [3.63, 3.8) is 0 Å². The Labute approximate surface area is 231 Å². The number of aromatic carboxylic acids is 1. The summed E-state index contributed by atoms with van der Waals surface area (Å²) in [5, 5.41) is 10.9. The summed E-state index contributed by atoms with van der Waals surface area (Å²) >= 11 is 0. The molecule has 6 nitrogen and oxygen atoms in total. The Hall–Kier alpha value is -2.99. The van der Waals surface area contributed by atoms with E-state index in [0.29, 0.717) is 30.5 Å². The average molecular weight is 536 g/mol. The lowest BCUT2D eigenvalue weighted by molar-refractivity contribution is -0.131. The number of rotatable bonds is 4. The molecule has 3 heterocycles. The highest BCUT2D eigenvalue weighted by atomic mass is 35.5. The molecule has 0 bridgehead atoms. The second-order valence-electron chi connectivity index (χ2n) is 11.3. The van der Waals surface area contributed by atoms with Crippen LogP contribution in [-0.4, -0.2) is 52.6 Å². The number of amides is 1. The van der Waals surface area contributed by atoms with Gasteiger partial charge in [-0.25, -0.2) is 4.79 Å². The fourth-order valence-corrected chi connectivity index (χ4v) is 6.97. The summed E-state index contributed by atoms with van der Waals surface area (Å²) in [6, 6.07) is 14.1. The van der Waals surface area contributed by atoms with Gasteiger partial charge in [-0.05, 0) is 61.3 Å². The molecular formula is C31H38ClN3O3. The number of benzene rings is 2. The monoisotopic (exact) mass is 535 g/mol. The maximum absolute atomic E-state index is 13.4. The van der Waals surface area contributed by atoms with E-state index in [0.717, 1.165) is 42.8 Å². The van der Waals surface area contributed by atoms with E-state index in [2.05, 4.69) is 40.7 Å². The summed E-state index contributed by atoms with van der Waals surface area (Å²) in [6.45, 7) is 5.75. The van der Waals surface area contributed by atoms with Gasteiger partial charge in [0.15, 0.2) is 0 Å². The van der Waals surface area contributed by atoms with Crippen LogP contribution in [0.2, 0.25) is 0 Å². The lowest BCUT2D eigenvalue weighted by Gasteiger charge is -2.33. The van der Waals surface area contributed by atoms with E-state index in [-0.39, 0.29) is 18.3 Å². The smallest absolute Gasteiger partial charge is 0.335 e. The van der Waals surface area contributed by atoms with Crippen LogP contribution in [0.4, 0.5) is 5.69 Å². The minimum Gasteiger partial charge on any atom is -0.478 e. The number of anilines is 1. The van der Waals surface area contributed by atoms with Gasteiger partial charge in [0.25, 0.3) is 0 Å². The van der Waals surface area contributed by atoms with Crippen LogP contribution in [0.3, 0.4) is 0 Å². The first-order valence-electron chi connectivity index (χ1n) is 14.0. The predicted molar refractivity (Wildman–Crippen MR) is 155 cm³/mol. The van der Waals surface area contributed by atoms with Gasteiger partial charge in [-0.3, -0.25) is 4.79 Å². The summed E-state index contributed by atoms with van der Waals surface area (Å²) in [7, 11) is 0. The van der Waals surface area contributed by atoms with Crippen LogP contribution in [0.5, 0.6) is 0 Å². The first-order valence-corrected chi connectivity index (χ1v) is 14.0. The number of piperidine rings is 1. The molecule has 2 aliphatic heterocycles. The van der Waals surface area contributed by atoms with E-state index in [9.17, 15) is 14.7 Å². The maximum Gasteiger partial charge on any atom is 0.335 e. The number of halogens is 1. The van der Waals surface area contributed by atoms with Crippen molar-refractivity contribution in [3.8, 4) is 11.3 Å². The molecule has 1 aliphatic carbocycles. The van der Waals surface area contributed by atoms with Crippen molar-refractivity contribution in [2.75, 3.05) is 31.1 Å². The van der Waals surface area contributed by atoms with Gasteiger partial charge in [-0.1, -0.05) is 50.5 Å². The number of carboxylic acid groups (broad SMARTS) is 1. The Morgan fingerprint density at radius 2 is 1.74 bits per heavy atom. The molecule has 3 aliphatic rings. The average Bonchev–Trinajstić information content (AvgIpc) is 3.15. The van der Waals surface area contributed by atoms with E-state index in [1.54, 1.807) is 6.07 Å². The van der Waals surface area contributed by atoms with Crippen LogP contribution < -0.4 is 4.90 Å². The Morgan fingerprint density at radius 1 is 0.947 bits per heavy atom. The number of carboxylic acids is 1. The van der Waals surface area contributed by atoms with Crippen molar-refractivity contribution in [2.24, 2.45) is 5.92 Å². The van der Waals surface area contributed by atoms with Crippen molar-refractivity contribution < 1.29 is 14.7 Å². The quantitative estimate of drug-likeness (QED) is 0.411. The Balaban J connectivity index is 0.00000294. The minimum atomic E-state index is -0.895. The van der Waals surface area contributed by atoms with Crippen LogP contribution in [0.1, 0.15) is 73.7 Å². The topological polar surface area (TPSA) is 65.8 Å². The fraction of sp³-hybridized carbons (Fsp3) is 0.484. The zero-order chi connectivity index (χ0) is 25.5. The maximum atomic E-state index is 13.4. The second-order valence-corrected chi connectivity index (χ2v) is 11.3.